The Morgan fingerprint density at radius 1 is 1.20 bits per heavy atom. The van der Waals surface area contributed by atoms with E-state index in [1.165, 1.54) is 30.5 Å². The second kappa shape index (κ2) is 5.58. The summed E-state index contributed by atoms with van der Waals surface area (Å²) in [6, 6.07) is 6.55. The van der Waals surface area contributed by atoms with Crippen molar-refractivity contribution in [2.24, 2.45) is 0 Å². The molecule has 0 aliphatic rings. The molecule has 0 atom stereocenters. The first-order valence-corrected chi connectivity index (χ1v) is 5.88. The van der Waals surface area contributed by atoms with Gasteiger partial charge in [-0.05, 0) is 24.3 Å². The molecule has 2 aromatic rings. The molecule has 1 aromatic heterocycles. The van der Waals surface area contributed by atoms with Crippen LogP contribution < -0.4 is 10.9 Å². The molecule has 0 aliphatic heterocycles. The zero-order valence-corrected chi connectivity index (χ0v) is 10.8. The van der Waals surface area contributed by atoms with Gasteiger partial charge < -0.3 is 15.4 Å². The van der Waals surface area contributed by atoms with E-state index < -0.39 is 17.4 Å². The molecule has 0 unspecified atom stereocenters. The fourth-order valence-corrected chi connectivity index (χ4v) is 1.76. The number of aromatic nitrogens is 1. The molecule has 0 spiro atoms. The Hall–Kier alpha value is -2.60. The van der Waals surface area contributed by atoms with Crippen molar-refractivity contribution in [2.75, 3.05) is 5.32 Å². The van der Waals surface area contributed by atoms with Gasteiger partial charge in [0.05, 0.1) is 11.3 Å². The Kier molecular flexibility index (Phi) is 3.86. The summed E-state index contributed by atoms with van der Waals surface area (Å²) in [5, 5.41) is 11.7. The van der Waals surface area contributed by atoms with Crippen LogP contribution in [0.2, 0.25) is 5.02 Å². The predicted octanol–water partition coefficient (Wildman–Crippen LogP) is 1.98. The van der Waals surface area contributed by atoms with E-state index in [4.69, 9.17) is 16.7 Å². The third-order valence-corrected chi connectivity index (χ3v) is 2.73. The topological polar surface area (TPSA) is 99.3 Å². The molecule has 0 radical (unpaired) electrons. The van der Waals surface area contributed by atoms with Gasteiger partial charge in [-0.3, -0.25) is 9.59 Å². The van der Waals surface area contributed by atoms with Crippen molar-refractivity contribution >= 4 is 29.2 Å². The van der Waals surface area contributed by atoms with Crippen LogP contribution in [0.3, 0.4) is 0 Å². The lowest BCUT2D eigenvalue weighted by atomic mass is 10.1. The van der Waals surface area contributed by atoms with Gasteiger partial charge >= 0.3 is 5.97 Å². The number of aromatic amines is 1. The van der Waals surface area contributed by atoms with Crippen molar-refractivity contribution in [3.8, 4) is 0 Å². The number of carboxylic acids is 1. The molecule has 1 heterocycles. The van der Waals surface area contributed by atoms with Gasteiger partial charge in [0.15, 0.2) is 0 Å². The van der Waals surface area contributed by atoms with Crippen LogP contribution in [0.15, 0.2) is 41.3 Å². The number of hydrogen-bond donors (Lipinski definition) is 3. The summed E-state index contributed by atoms with van der Waals surface area (Å²) >= 11 is 5.78. The Labute approximate surface area is 118 Å². The first kappa shape index (κ1) is 13.8. The molecular weight excluding hydrogens is 284 g/mol. The molecule has 102 valence electrons. The Morgan fingerprint density at radius 2 is 1.95 bits per heavy atom. The third-order valence-electron chi connectivity index (χ3n) is 2.50. The highest BCUT2D eigenvalue weighted by Gasteiger charge is 2.14. The van der Waals surface area contributed by atoms with Crippen molar-refractivity contribution in [1.82, 2.24) is 4.98 Å². The van der Waals surface area contributed by atoms with Gasteiger partial charge in [0.25, 0.3) is 5.91 Å². The van der Waals surface area contributed by atoms with E-state index in [1.807, 2.05) is 0 Å². The molecule has 0 fully saturated rings. The van der Waals surface area contributed by atoms with Crippen LogP contribution in [0.1, 0.15) is 20.7 Å². The van der Waals surface area contributed by atoms with Crippen molar-refractivity contribution in [3.63, 3.8) is 0 Å². The fourth-order valence-electron chi connectivity index (χ4n) is 1.59. The number of H-pyrrole nitrogens is 1. The normalized spacial score (nSPS) is 10.1. The summed E-state index contributed by atoms with van der Waals surface area (Å²) in [4.78, 5) is 36.5. The lowest BCUT2D eigenvalue weighted by Crippen LogP contribution is -2.17. The maximum atomic E-state index is 12.0. The quantitative estimate of drug-likeness (QED) is 0.805. The molecule has 3 N–H and O–H groups in total. The van der Waals surface area contributed by atoms with Gasteiger partial charge in [-0.25, -0.2) is 4.79 Å². The second-order valence-electron chi connectivity index (χ2n) is 3.89. The number of pyridine rings is 1. The lowest BCUT2D eigenvalue weighted by Gasteiger charge is -2.08. The summed E-state index contributed by atoms with van der Waals surface area (Å²) in [5.74, 6) is -1.79. The number of anilines is 1. The molecule has 6 nitrogen and oxygen atoms in total. The van der Waals surface area contributed by atoms with Crippen LogP contribution in [0.4, 0.5) is 5.69 Å². The van der Waals surface area contributed by atoms with E-state index in [-0.39, 0.29) is 21.8 Å². The van der Waals surface area contributed by atoms with Crippen molar-refractivity contribution < 1.29 is 14.7 Å². The van der Waals surface area contributed by atoms with Crippen LogP contribution in [-0.2, 0) is 0 Å². The van der Waals surface area contributed by atoms with Gasteiger partial charge in [-0.2, -0.15) is 0 Å². The van der Waals surface area contributed by atoms with E-state index in [9.17, 15) is 14.4 Å². The van der Waals surface area contributed by atoms with Crippen LogP contribution in [0, 0.1) is 0 Å². The number of hydrogen-bond acceptors (Lipinski definition) is 3. The Bertz CT molecular complexity index is 739. The van der Waals surface area contributed by atoms with E-state index in [0.29, 0.717) is 0 Å². The number of rotatable bonds is 3. The SMILES string of the molecule is O=C(Nc1cc(Cl)ccc1C(=O)O)c1cc[nH]c(=O)c1. The van der Waals surface area contributed by atoms with Gasteiger partial charge in [0.2, 0.25) is 5.56 Å². The number of halogens is 1. The fraction of sp³-hybridized carbons (Fsp3) is 0. The van der Waals surface area contributed by atoms with Crippen LogP contribution >= 0.6 is 11.6 Å². The van der Waals surface area contributed by atoms with E-state index in [1.54, 1.807) is 0 Å². The molecule has 20 heavy (non-hydrogen) atoms. The van der Waals surface area contributed by atoms with Crippen molar-refractivity contribution in [2.45, 2.75) is 0 Å². The van der Waals surface area contributed by atoms with E-state index >= 15 is 0 Å². The highest BCUT2D eigenvalue weighted by Crippen LogP contribution is 2.21. The third kappa shape index (κ3) is 3.04. The van der Waals surface area contributed by atoms with Crippen molar-refractivity contribution in [3.05, 3.63) is 63.0 Å². The summed E-state index contributed by atoms with van der Waals surface area (Å²) in [6.07, 6.45) is 1.33. The number of carboxylic acid groups (broad SMARTS) is 1. The summed E-state index contributed by atoms with van der Waals surface area (Å²) in [5.41, 5.74) is -0.338. The predicted molar refractivity (Wildman–Crippen MR) is 73.4 cm³/mol. The highest BCUT2D eigenvalue weighted by atomic mass is 35.5. The Balaban J connectivity index is 2.34. The molecule has 1 amide bonds. The monoisotopic (exact) mass is 292 g/mol. The molecule has 2 rings (SSSR count). The molecular formula is C13H9ClN2O4. The van der Waals surface area contributed by atoms with Crippen LogP contribution in [-0.4, -0.2) is 22.0 Å². The van der Waals surface area contributed by atoms with Crippen molar-refractivity contribution in [1.29, 1.82) is 0 Å². The zero-order chi connectivity index (χ0) is 14.7. The molecule has 1 aromatic carbocycles. The average molecular weight is 293 g/mol. The summed E-state index contributed by atoms with van der Waals surface area (Å²) in [6.45, 7) is 0. The molecule has 0 saturated carbocycles. The minimum absolute atomic E-state index is 0.0651. The van der Waals surface area contributed by atoms with E-state index in [0.717, 1.165) is 6.07 Å². The number of carbonyl (C=O) groups excluding carboxylic acids is 1. The lowest BCUT2D eigenvalue weighted by molar-refractivity contribution is 0.0698. The Morgan fingerprint density at radius 3 is 2.60 bits per heavy atom. The molecule has 7 heteroatoms. The van der Waals surface area contributed by atoms with Crippen LogP contribution in [0.5, 0.6) is 0 Å². The van der Waals surface area contributed by atoms with Gasteiger partial charge in [-0.1, -0.05) is 11.6 Å². The molecule has 0 bridgehead atoms. The zero-order valence-electron chi connectivity index (χ0n) is 10.0. The van der Waals surface area contributed by atoms with Gasteiger partial charge in [0.1, 0.15) is 0 Å². The minimum atomic E-state index is -1.19. The number of nitrogens with one attached hydrogen (secondary N) is 2. The number of amides is 1. The molecule has 0 aliphatic carbocycles. The second-order valence-corrected chi connectivity index (χ2v) is 4.33. The number of carbonyl (C=O) groups is 2. The maximum absolute atomic E-state index is 12.0. The smallest absolute Gasteiger partial charge is 0.337 e. The molecule has 0 saturated heterocycles. The standard InChI is InChI=1S/C13H9ClN2O4/c14-8-1-2-9(13(19)20)10(6-8)16-12(18)7-3-4-15-11(17)5-7/h1-6H,(H,15,17)(H,16,18)(H,19,20). The van der Waals surface area contributed by atoms with Gasteiger partial charge in [-0.15, -0.1) is 0 Å². The van der Waals surface area contributed by atoms with E-state index in [2.05, 4.69) is 10.3 Å². The largest absolute Gasteiger partial charge is 0.478 e. The van der Waals surface area contributed by atoms with Crippen LogP contribution in [0.25, 0.3) is 0 Å². The first-order valence-electron chi connectivity index (χ1n) is 5.50. The summed E-state index contributed by atoms with van der Waals surface area (Å²) in [7, 11) is 0. The van der Waals surface area contributed by atoms with Gasteiger partial charge in [0, 0.05) is 22.8 Å². The minimum Gasteiger partial charge on any atom is -0.478 e. The highest BCUT2D eigenvalue weighted by molar-refractivity contribution is 6.31. The summed E-state index contributed by atoms with van der Waals surface area (Å²) < 4.78 is 0. The number of aromatic carboxylic acids is 1. The first-order chi connectivity index (χ1) is 9.47. The maximum Gasteiger partial charge on any atom is 0.337 e. The number of benzene rings is 1. The average Bonchev–Trinajstić information content (AvgIpc) is 2.38.